The Bertz CT molecular complexity index is 341. The smallest absolute Gasteiger partial charge is 0.151 e. The molecule has 1 unspecified atom stereocenters. The van der Waals surface area contributed by atoms with E-state index in [1.807, 2.05) is 6.92 Å². The maximum Gasteiger partial charge on any atom is 0.151 e. The fourth-order valence-electron chi connectivity index (χ4n) is 1.26. The van der Waals surface area contributed by atoms with Crippen molar-refractivity contribution >= 4 is 11.4 Å². The quantitative estimate of drug-likeness (QED) is 0.776. The van der Waals surface area contributed by atoms with E-state index in [0.717, 1.165) is 12.1 Å². The molecule has 0 heterocycles. The molecule has 0 saturated carbocycles. The van der Waals surface area contributed by atoms with Crippen LogP contribution in [0.15, 0.2) is 12.1 Å². The van der Waals surface area contributed by atoms with Crippen LogP contribution in [0, 0.1) is 23.5 Å². The molecule has 0 amide bonds. The van der Waals surface area contributed by atoms with Gasteiger partial charge in [0.05, 0.1) is 0 Å². The number of hydrogen-bond acceptors (Lipinski definition) is 2. The Hall–Kier alpha value is -1.32. The number of benzene rings is 1. The molecule has 1 atom stereocenters. The fraction of sp³-hybridized carbons (Fsp3) is 0.500. The van der Waals surface area contributed by atoms with Gasteiger partial charge < -0.3 is 11.1 Å². The van der Waals surface area contributed by atoms with E-state index in [9.17, 15) is 8.78 Å². The second kappa shape index (κ2) is 5.14. The molecule has 0 saturated heterocycles. The molecule has 0 radical (unpaired) electrons. The third-order valence-corrected chi connectivity index (χ3v) is 2.80. The predicted molar refractivity (Wildman–Crippen MR) is 63.3 cm³/mol. The topological polar surface area (TPSA) is 38.0 Å². The highest BCUT2D eigenvalue weighted by molar-refractivity contribution is 5.54. The zero-order valence-corrected chi connectivity index (χ0v) is 9.85. The summed E-state index contributed by atoms with van der Waals surface area (Å²) in [6.07, 6.45) is 0. The summed E-state index contributed by atoms with van der Waals surface area (Å²) in [5.41, 5.74) is 5.32. The van der Waals surface area contributed by atoms with E-state index in [0.29, 0.717) is 18.4 Å². The molecule has 0 spiro atoms. The minimum Gasteiger partial charge on any atom is -0.399 e. The number of nitrogen functional groups attached to an aromatic ring is 1. The van der Waals surface area contributed by atoms with E-state index < -0.39 is 11.6 Å². The molecular formula is C12H18F2N2. The van der Waals surface area contributed by atoms with Crippen LogP contribution in [0.1, 0.15) is 20.8 Å². The van der Waals surface area contributed by atoms with Gasteiger partial charge in [-0.1, -0.05) is 20.8 Å². The monoisotopic (exact) mass is 228 g/mol. The third-order valence-electron chi connectivity index (χ3n) is 2.80. The van der Waals surface area contributed by atoms with Crippen molar-refractivity contribution in [2.24, 2.45) is 11.8 Å². The summed E-state index contributed by atoms with van der Waals surface area (Å²) in [7, 11) is 0. The van der Waals surface area contributed by atoms with Gasteiger partial charge in [0.15, 0.2) is 11.6 Å². The molecule has 1 aromatic rings. The van der Waals surface area contributed by atoms with Gasteiger partial charge >= 0.3 is 0 Å². The van der Waals surface area contributed by atoms with Gasteiger partial charge in [0.2, 0.25) is 0 Å². The first kappa shape index (κ1) is 12.7. The maximum absolute atomic E-state index is 13.4. The van der Waals surface area contributed by atoms with Gasteiger partial charge in [-0.25, -0.2) is 8.78 Å². The summed E-state index contributed by atoms with van der Waals surface area (Å²) in [5, 5.41) is 2.78. The molecule has 90 valence electrons. The van der Waals surface area contributed by atoms with Crippen molar-refractivity contribution < 1.29 is 8.78 Å². The first-order valence-electron chi connectivity index (χ1n) is 5.40. The van der Waals surface area contributed by atoms with Crippen molar-refractivity contribution in [3.63, 3.8) is 0 Å². The van der Waals surface area contributed by atoms with Gasteiger partial charge in [0, 0.05) is 12.2 Å². The van der Waals surface area contributed by atoms with Crippen molar-refractivity contribution in [1.82, 2.24) is 0 Å². The number of nitrogens with two attached hydrogens (primary N) is 1. The molecule has 1 aromatic carbocycles. The van der Waals surface area contributed by atoms with E-state index in [-0.39, 0.29) is 11.4 Å². The van der Waals surface area contributed by atoms with Crippen LogP contribution in [0.5, 0.6) is 0 Å². The van der Waals surface area contributed by atoms with Crippen LogP contribution >= 0.6 is 0 Å². The lowest BCUT2D eigenvalue weighted by Crippen LogP contribution is -2.17. The second-order valence-corrected chi connectivity index (χ2v) is 4.46. The van der Waals surface area contributed by atoms with Gasteiger partial charge in [0.1, 0.15) is 5.69 Å². The SMILES string of the molecule is CC(C)C(C)CNc1c(F)cc(N)cc1F. The third kappa shape index (κ3) is 3.08. The van der Waals surface area contributed by atoms with Crippen LogP contribution in [-0.4, -0.2) is 6.54 Å². The summed E-state index contributed by atoms with van der Waals surface area (Å²) in [6, 6.07) is 2.23. The van der Waals surface area contributed by atoms with Crippen molar-refractivity contribution in [1.29, 1.82) is 0 Å². The standard InChI is InChI=1S/C12H18F2N2/c1-7(2)8(3)6-16-12-10(13)4-9(15)5-11(12)14/h4-5,7-8,16H,6,15H2,1-3H3. The Balaban J connectivity index is 2.74. The van der Waals surface area contributed by atoms with Crippen LogP contribution < -0.4 is 11.1 Å². The lowest BCUT2D eigenvalue weighted by Gasteiger charge is -2.17. The van der Waals surface area contributed by atoms with Crippen molar-refractivity contribution in [3.8, 4) is 0 Å². The van der Waals surface area contributed by atoms with Crippen LogP contribution in [0.2, 0.25) is 0 Å². The first-order valence-corrected chi connectivity index (χ1v) is 5.40. The van der Waals surface area contributed by atoms with Gasteiger partial charge in [-0.05, 0) is 24.0 Å². The maximum atomic E-state index is 13.4. The van der Waals surface area contributed by atoms with Gasteiger partial charge in [-0.15, -0.1) is 0 Å². The van der Waals surface area contributed by atoms with E-state index in [1.165, 1.54) is 0 Å². The fourth-order valence-corrected chi connectivity index (χ4v) is 1.26. The van der Waals surface area contributed by atoms with Crippen molar-refractivity contribution in [2.75, 3.05) is 17.6 Å². The Kier molecular flexibility index (Phi) is 4.10. The van der Waals surface area contributed by atoms with Gasteiger partial charge in [-0.2, -0.15) is 0 Å². The second-order valence-electron chi connectivity index (χ2n) is 4.46. The van der Waals surface area contributed by atoms with E-state index in [1.54, 1.807) is 0 Å². The lowest BCUT2D eigenvalue weighted by molar-refractivity contribution is 0.438. The number of hydrogen-bond donors (Lipinski definition) is 2. The molecule has 3 N–H and O–H groups in total. The van der Waals surface area contributed by atoms with Crippen molar-refractivity contribution in [2.45, 2.75) is 20.8 Å². The average molecular weight is 228 g/mol. The largest absolute Gasteiger partial charge is 0.399 e. The molecule has 0 bridgehead atoms. The number of nitrogens with one attached hydrogen (secondary N) is 1. The average Bonchev–Trinajstić information content (AvgIpc) is 2.15. The predicted octanol–water partition coefficient (Wildman–Crippen LogP) is 3.25. The molecule has 0 aliphatic rings. The minimum atomic E-state index is -0.645. The Morgan fingerprint density at radius 1 is 1.19 bits per heavy atom. The first-order chi connectivity index (χ1) is 7.41. The van der Waals surface area contributed by atoms with Crippen LogP contribution in [0.25, 0.3) is 0 Å². The molecule has 0 fully saturated rings. The molecular weight excluding hydrogens is 210 g/mol. The normalized spacial score (nSPS) is 12.9. The van der Waals surface area contributed by atoms with E-state index in [4.69, 9.17) is 5.73 Å². The van der Waals surface area contributed by atoms with Gasteiger partial charge in [0.25, 0.3) is 0 Å². The Morgan fingerprint density at radius 3 is 2.12 bits per heavy atom. The van der Waals surface area contributed by atoms with Crippen LogP contribution in [0.4, 0.5) is 20.2 Å². The van der Waals surface area contributed by atoms with E-state index >= 15 is 0 Å². The highest BCUT2D eigenvalue weighted by atomic mass is 19.1. The summed E-state index contributed by atoms with van der Waals surface area (Å²) in [4.78, 5) is 0. The highest BCUT2D eigenvalue weighted by Crippen LogP contribution is 2.22. The molecule has 16 heavy (non-hydrogen) atoms. The molecule has 2 nitrogen and oxygen atoms in total. The minimum absolute atomic E-state index is 0.0949. The number of halogens is 2. The van der Waals surface area contributed by atoms with Crippen LogP contribution in [-0.2, 0) is 0 Å². The zero-order valence-electron chi connectivity index (χ0n) is 9.85. The summed E-state index contributed by atoms with van der Waals surface area (Å²) in [6.45, 7) is 6.71. The van der Waals surface area contributed by atoms with Gasteiger partial charge in [-0.3, -0.25) is 0 Å². The number of rotatable bonds is 4. The molecule has 0 aliphatic heterocycles. The number of anilines is 2. The highest BCUT2D eigenvalue weighted by Gasteiger charge is 2.12. The lowest BCUT2D eigenvalue weighted by atomic mass is 9.98. The van der Waals surface area contributed by atoms with Crippen LogP contribution in [0.3, 0.4) is 0 Å². The molecule has 0 aromatic heterocycles. The molecule has 0 aliphatic carbocycles. The summed E-state index contributed by atoms with van der Waals surface area (Å²) < 4.78 is 26.8. The molecule has 4 heteroatoms. The zero-order chi connectivity index (χ0) is 12.3. The summed E-state index contributed by atoms with van der Waals surface area (Å²) in [5.74, 6) is -0.481. The Morgan fingerprint density at radius 2 is 1.69 bits per heavy atom. The summed E-state index contributed by atoms with van der Waals surface area (Å²) >= 11 is 0. The molecule has 1 rings (SSSR count). The van der Waals surface area contributed by atoms with Crippen molar-refractivity contribution in [3.05, 3.63) is 23.8 Å². The Labute approximate surface area is 94.8 Å². The van der Waals surface area contributed by atoms with E-state index in [2.05, 4.69) is 19.2 Å².